The molecule has 1 amide bonds. The molecule has 0 saturated carbocycles. The lowest BCUT2D eigenvalue weighted by molar-refractivity contribution is -0.117. The van der Waals surface area contributed by atoms with Crippen LogP contribution in [0.3, 0.4) is 0 Å². The number of Topliss-reactive ketones (excluding diaryl/α,β-unsaturated/α-hetero) is 1. The number of carbonyl (C=O) groups excluding carboxylic acids is 2. The molecule has 2 aromatic carbocycles. The topological polar surface area (TPSA) is 102 Å². The first-order valence-electron chi connectivity index (χ1n) is 11.2. The van der Waals surface area contributed by atoms with Crippen molar-refractivity contribution >= 4 is 49.7 Å². The number of rotatable bonds is 7. The van der Waals surface area contributed by atoms with Gasteiger partial charge in [-0.25, -0.2) is 9.97 Å². The number of carbonyl (C=O) groups is 2. The Balaban J connectivity index is 1.65. The van der Waals surface area contributed by atoms with E-state index in [2.05, 4.69) is 9.97 Å². The summed E-state index contributed by atoms with van der Waals surface area (Å²) >= 11 is 2.53. The van der Waals surface area contributed by atoms with Crippen LogP contribution < -0.4 is 14.4 Å². The number of aromatic nitrogens is 2. The molecule has 0 radical (unpaired) electrons. The third-order valence-corrected chi connectivity index (χ3v) is 7.95. The Kier molecular flexibility index (Phi) is 6.23. The SMILES string of the molecule is CCOc1ccc(C2C(C(=O)c3sc(C)nc3C)=C(O)C(=O)N2c2nc3ccc(OC)cc3s2)cc1. The molecule has 1 N–H and O–H groups in total. The monoisotopic (exact) mass is 521 g/mol. The van der Waals surface area contributed by atoms with Gasteiger partial charge in [0.1, 0.15) is 11.5 Å². The summed E-state index contributed by atoms with van der Waals surface area (Å²) in [6, 6.07) is 11.7. The van der Waals surface area contributed by atoms with E-state index in [0.29, 0.717) is 44.9 Å². The Hall–Kier alpha value is -3.76. The van der Waals surface area contributed by atoms with Gasteiger partial charge in [0, 0.05) is 0 Å². The molecular formula is C26H23N3O5S2. The van der Waals surface area contributed by atoms with Crippen LogP contribution in [-0.4, -0.2) is 40.5 Å². The molecule has 0 spiro atoms. The number of ketones is 1. The number of thiazole rings is 2. The van der Waals surface area contributed by atoms with Gasteiger partial charge < -0.3 is 14.6 Å². The summed E-state index contributed by atoms with van der Waals surface area (Å²) in [6.45, 7) is 5.96. The van der Waals surface area contributed by atoms with Crippen LogP contribution in [0, 0.1) is 13.8 Å². The van der Waals surface area contributed by atoms with Crippen LogP contribution in [0.25, 0.3) is 10.2 Å². The van der Waals surface area contributed by atoms with Gasteiger partial charge in [0.2, 0.25) is 5.78 Å². The fourth-order valence-electron chi connectivity index (χ4n) is 4.25. The predicted molar refractivity (Wildman–Crippen MR) is 140 cm³/mol. The molecule has 1 aliphatic heterocycles. The number of anilines is 1. The molecule has 1 atom stereocenters. The van der Waals surface area contributed by atoms with Gasteiger partial charge in [0.25, 0.3) is 5.91 Å². The van der Waals surface area contributed by atoms with Crippen molar-refractivity contribution in [3.8, 4) is 11.5 Å². The minimum Gasteiger partial charge on any atom is -0.503 e. The smallest absolute Gasteiger partial charge is 0.296 e. The quantitative estimate of drug-likeness (QED) is 0.318. The predicted octanol–water partition coefficient (Wildman–Crippen LogP) is 5.56. The second-order valence-corrected chi connectivity index (χ2v) is 10.4. The van der Waals surface area contributed by atoms with E-state index in [0.717, 1.165) is 9.71 Å². The molecule has 1 unspecified atom stereocenters. The largest absolute Gasteiger partial charge is 0.503 e. The Labute approximate surface area is 215 Å². The molecule has 3 heterocycles. The van der Waals surface area contributed by atoms with Gasteiger partial charge in [-0.05, 0) is 56.7 Å². The van der Waals surface area contributed by atoms with Crippen molar-refractivity contribution < 1.29 is 24.2 Å². The Bertz CT molecular complexity index is 1520. The third kappa shape index (κ3) is 4.02. The average Bonchev–Trinajstić information content (AvgIpc) is 3.52. The number of hydrogen-bond acceptors (Lipinski definition) is 9. The van der Waals surface area contributed by atoms with Gasteiger partial charge in [-0.2, -0.15) is 0 Å². The molecular weight excluding hydrogens is 498 g/mol. The van der Waals surface area contributed by atoms with Crippen molar-refractivity contribution in [2.45, 2.75) is 26.8 Å². The first kappa shape index (κ1) is 24.0. The maximum atomic E-state index is 13.7. The van der Waals surface area contributed by atoms with E-state index >= 15 is 0 Å². The van der Waals surface area contributed by atoms with Crippen LogP contribution in [0.15, 0.2) is 53.8 Å². The second kappa shape index (κ2) is 9.36. The molecule has 36 heavy (non-hydrogen) atoms. The number of amides is 1. The molecule has 184 valence electrons. The highest BCUT2D eigenvalue weighted by Gasteiger charge is 2.46. The first-order chi connectivity index (χ1) is 17.3. The van der Waals surface area contributed by atoms with Gasteiger partial charge in [-0.3, -0.25) is 14.5 Å². The summed E-state index contributed by atoms with van der Waals surface area (Å²) in [4.78, 5) is 38.0. The van der Waals surface area contributed by atoms with Gasteiger partial charge in [-0.1, -0.05) is 23.5 Å². The summed E-state index contributed by atoms with van der Waals surface area (Å²) in [5.41, 5.74) is 1.90. The van der Waals surface area contributed by atoms with Gasteiger partial charge >= 0.3 is 0 Å². The molecule has 0 fully saturated rings. The minimum atomic E-state index is -0.870. The van der Waals surface area contributed by atoms with E-state index in [-0.39, 0.29) is 5.57 Å². The van der Waals surface area contributed by atoms with Crippen LogP contribution in [0.2, 0.25) is 0 Å². The number of aliphatic hydroxyl groups is 1. The molecule has 1 aliphatic rings. The fourth-order valence-corrected chi connectivity index (χ4v) is 6.14. The zero-order valence-corrected chi connectivity index (χ0v) is 21.7. The Morgan fingerprint density at radius 2 is 1.81 bits per heavy atom. The lowest BCUT2D eigenvalue weighted by Crippen LogP contribution is -2.31. The lowest BCUT2D eigenvalue weighted by atomic mass is 9.95. The zero-order chi connectivity index (χ0) is 25.6. The number of hydrogen-bond donors (Lipinski definition) is 1. The highest BCUT2D eigenvalue weighted by Crippen LogP contribution is 2.45. The highest BCUT2D eigenvalue weighted by atomic mass is 32.1. The van der Waals surface area contributed by atoms with E-state index < -0.39 is 23.5 Å². The van der Waals surface area contributed by atoms with Crippen molar-refractivity contribution in [3.05, 3.63) is 74.9 Å². The minimum absolute atomic E-state index is 0.00717. The summed E-state index contributed by atoms with van der Waals surface area (Å²) in [6.07, 6.45) is 0. The van der Waals surface area contributed by atoms with E-state index in [4.69, 9.17) is 9.47 Å². The summed E-state index contributed by atoms with van der Waals surface area (Å²) in [5, 5.41) is 12.1. The van der Waals surface area contributed by atoms with Crippen LogP contribution >= 0.6 is 22.7 Å². The Morgan fingerprint density at radius 1 is 1.08 bits per heavy atom. The van der Waals surface area contributed by atoms with Gasteiger partial charge in [0.15, 0.2) is 10.9 Å². The number of nitrogens with zero attached hydrogens (tertiary/aromatic N) is 3. The number of fused-ring (bicyclic) bond motifs is 1. The second-order valence-electron chi connectivity index (χ2n) is 8.15. The number of methoxy groups -OCH3 is 1. The van der Waals surface area contributed by atoms with E-state index in [1.165, 1.54) is 27.6 Å². The van der Waals surface area contributed by atoms with Crippen molar-refractivity contribution in [1.82, 2.24) is 9.97 Å². The van der Waals surface area contributed by atoms with Crippen LogP contribution in [0.5, 0.6) is 11.5 Å². The maximum absolute atomic E-state index is 13.7. The normalized spacial score (nSPS) is 15.7. The van der Waals surface area contributed by atoms with Crippen molar-refractivity contribution in [1.29, 1.82) is 0 Å². The number of benzene rings is 2. The average molecular weight is 522 g/mol. The summed E-state index contributed by atoms with van der Waals surface area (Å²) in [7, 11) is 1.58. The van der Waals surface area contributed by atoms with Crippen molar-refractivity contribution in [2.75, 3.05) is 18.6 Å². The molecule has 4 aromatic rings. The Morgan fingerprint density at radius 3 is 2.44 bits per heavy atom. The molecule has 0 saturated heterocycles. The van der Waals surface area contributed by atoms with Gasteiger partial charge in [0.05, 0.1) is 51.1 Å². The molecule has 0 aliphatic carbocycles. The standard InChI is InChI=1S/C26H23N3O5S2/c1-5-34-16-8-6-15(7-9-16)21-20(22(30)24-13(2)27-14(3)35-24)23(31)25(32)29(21)26-28-18-11-10-17(33-4)12-19(18)36-26/h6-12,21,31H,5H2,1-4H3. The van der Waals surface area contributed by atoms with Crippen LogP contribution in [-0.2, 0) is 4.79 Å². The van der Waals surface area contributed by atoms with Crippen LogP contribution in [0.4, 0.5) is 5.13 Å². The van der Waals surface area contributed by atoms with E-state index in [9.17, 15) is 14.7 Å². The van der Waals surface area contributed by atoms with Crippen molar-refractivity contribution in [2.24, 2.45) is 0 Å². The summed E-state index contributed by atoms with van der Waals surface area (Å²) in [5.74, 6) is -0.350. The third-order valence-electron chi connectivity index (χ3n) is 5.86. The zero-order valence-electron chi connectivity index (χ0n) is 20.1. The molecule has 2 aromatic heterocycles. The van der Waals surface area contributed by atoms with E-state index in [1.54, 1.807) is 44.4 Å². The highest BCUT2D eigenvalue weighted by molar-refractivity contribution is 7.22. The molecule has 5 rings (SSSR count). The van der Waals surface area contributed by atoms with E-state index in [1.807, 2.05) is 26.0 Å². The molecule has 8 nitrogen and oxygen atoms in total. The number of aliphatic hydroxyl groups excluding tert-OH is 1. The molecule has 0 bridgehead atoms. The lowest BCUT2D eigenvalue weighted by Gasteiger charge is -2.24. The first-order valence-corrected chi connectivity index (χ1v) is 12.9. The number of aryl methyl sites for hydroxylation is 2. The summed E-state index contributed by atoms with van der Waals surface area (Å²) < 4.78 is 11.7. The van der Waals surface area contributed by atoms with Crippen LogP contribution in [0.1, 0.15) is 38.9 Å². The number of ether oxygens (including phenoxy) is 2. The molecule has 10 heteroatoms. The van der Waals surface area contributed by atoms with Crippen molar-refractivity contribution in [3.63, 3.8) is 0 Å². The fraction of sp³-hybridized carbons (Fsp3) is 0.231. The van der Waals surface area contributed by atoms with Gasteiger partial charge in [-0.15, -0.1) is 11.3 Å². The maximum Gasteiger partial charge on any atom is 0.296 e.